The van der Waals surface area contributed by atoms with E-state index in [1.165, 1.54) is 0 Å². The van der Waals surface area contributed by atoms with Crippen LogP contribution in [0.5, 0.6) is 0 Å². The first kappa shape index (κ1) is 14.0. The van der Waals surface area contributed by atoms with Gasteiger partial charge < -0.3 is 14.7 Å². The van der Waals surface area contributed by atoms with Gasteiger partial charge in [0.2, 0.25) is 5.91 Å². The molecule has 1 amide bonds. The molecule has 1 aliphatic rings. The molecule has 0 spiro atoms. The number of nitrogens with zero attached hydrogens (tertiary/aromatic N) is 1. The number of piperidine rings is 1. The zero-order chi connectivity index (χ0) is 13.7. The number of benzene rings is 1. The Morgan fingerprint density at radius 3 is 2.84 bits per heavy atom. The van der Waals surface area contributed by atoms with E-state index in [2.05, 4.69) is 0 Å². The van der Waals surface area contributed by atoms with Crippen molar-refractivity contribution in [3.63, 3.8) is 0 Å². The van der Waals surface area contributed by atoms with Crippen LogP contribution in [0.4, 0.5) is 0 Å². The highest BCUT2D eigenvalue weighted by atomic mass is 16.5. The first-order valence-electron chi connectivity index (χ1n) is 6.74. The van der Waals surface area contributed by atoms with Crippen molar-refractivity contribution in [3.05, 3.63) is 35.9 Å². The maximum atomic E-state index is 11.9. The molecule has 0 radical (unpaired) electrons. The summed E-state index contributed by atoms with van der Waals surface area (Å²) in [7, 11) is 0. The van der Waals surface area contributed by atoms with Crippen molar-refractivity contribution < 1.29 is 14.6 Å². The Balaban J connectivity index is 1.73. The quantitative estimate of drug-likeness (QED) is 0.894. The number of ether oxygens (including phenoxy) is 1. The second-order valence-electron chi connectivity index (χ2n) is 5.15. The minimum absolute atomic E-state index is 0.0399. The minimum Gasteiger partial charge on any atom is -0.391 e. The first-order valence-corrected chi connectivity index (χ1v) is 6.74. The van der Waals surface area contributed by atoms with Crippen molar-refractivity contribution in [2.75, 3.05) is 19.7 Å². The average Bonchev–Trinajstić information content (AvgIpc) is 2.43. The highest BCUT2D eigenvalue weighted by Crippen LogP contribution is 2.17. The van der Waals surface area contributed by atoms with Gasteiger partial charge in [-0.15, -0.1) is 0 Å². The Morgan fingerprint density at radius 1 is 1.42 bits per heavy atom. The van der Waals surface area contributed by atoms with Gasteiger partial charge in [-0.2, -0.15) is 0 Å². The lowest BCUT2D eigenvalue weighted by atomic mass is 9.96. The minimum atomic E-state index is -0.410. The lowest BCUT2D eigenvalue weighted by Crippen LogP contribution is -2.47. The Hall–Kier alpha value is -1.39. The molecule has 1 aliphatic heterocycles. The van der Waals surface area contributed by atoms with Gasteiger partial charge in [-0.1, -0.05) is 37.3 Å². The number of hydrogen-bond acceptors (Lipinski definition) is 3. The van der Waals surface area contributed by atoms with E-state index >= 15 is 0 Å². The van der Waals surface area contributed by atoms with E-state index in [0.717, 1.165) is 12.0 Å². The number of aliphatic hydroxyl groups excluding tert-OH is 1. The SMILES string of the molecule is CC1CCN(C(=O)COCc2ccccc2)CC1O. The van der Waals surface area contributed by atoms with Gasteiger partial charge in [0.05, 0.1) is 12.7 Å². The van der Waals surface area contributed by atoms with Crippen LogP contribution in [-0.2, 0) is 16.1 Å². The molecule has 1 aromatic carbocycles. The maximum absolute atomic E-state index is 11.9. The van der Waals surface area contributed by atoms with E-state index in [1.54, 1.807) is 4.90 Å². The van der Waals surface area contributed by atoms with E-state index in [9.17, 15) is 9.90 Å². The standard InChI is InChI=1S/C15H21NO3/c1-12-7-8-16(9-14(12)17)15(18)11-19-10-13-5-3-2-4-6-13/h2-6,12,14,17H,7-11H2,1H3. The number of amides is 1. The van der Waals surface area contributed by atoms with Gasteiger partial charge in [-0.3, -0.25) is 4.79 Å². The highest BCUT2D eigenvalue weighted by Gasteiger charge is 2.26. The van der Waals surface area contributed by atoms with Crippen LogP contribution in [0.25, 0.3) is 0 Å². The van der Waals surface area contributed by atoms with Crippen LogP contribution < -0.4 is 0 Å². The van der Waals surface area contributed by atoms with Crippen molar-refractivity contribution in [2.24, 2.45) is 5.92 Å². The molecule has 2 rings (SSSR count). The molecule has 2 unspecified atom stereocenters. The molecule has 0 aromatic heterocycles. The van der Waals surface area contributed by atoms with Crippen LogP contribution in [-0.4, -0.2) is 41.7 Å². The summed E-state index contributed by atoms with van der Waals surface area (Å²) in [5.74, 6) is 0.233. The molecular formula is C15H21NO3. The smallest absolute Gasteiger partial charge is 0.248 e. The fourth-order valence-electron chi connectivity index (χ4n) is 2.20. The molecule has 2 atom stereocenters. The zero-order valence-corrected chi connectivity index (χ0v) is 11.3. The number of aliphatic hydroxyl groups is 1. The van der Waals surface area contributed by atoms with Crippen LogP contribution >= 0.6 is 0 Å². The second-order valence-corrected chi connectivity index (χ2v) is 5.15. The van der Waals surface area contributed by atoms with Crippen molar-refractivity contribution in [3.8, 4) is 0 Å². The van der Waals surface area contributed by atoms with Crippen LogP contribution in [0, 0.1) is 5.92 Å². The maximum Gasteiger partial charge on any atom is 0.248 e. The Kier molecular flexibility index (Phi) is 4.93. The third-order valence-corrected chi connectivity index (χ3v) is 3.61. The van der Waals surface area contributed by atoms with Gasteiger partial charge in [-0.25, -0.2) is 0 Å². The molecule has 1 heterocycles. The average molecular weight is 263 g/mol. The van der Waals surface area contributed by atoms with Gasteiger partial charge in [-0.05, 0) is 17.9 Å². The summed E-state index contributed by atoms with van der Waals surface area (Å²) < 4.78 is 5.42. The van der Waals surface area contributed by atoms with E-state index in [1.807, 2.05) is 37.3 Å². The van der Waals surface area contributed by atoms with Crippen LogP contribution in [0.15, 0.2) is 30.3 Å². The van der Waals surface area contributed by atoms with E-state index in [-0.39, 0.29) is 18.4 Å². The predicted molar refractivity (Wildman–Crippen MR) is 72.5 cm³/mol. The second kappa shape index (κ2) is 6.68. The van der Waals surface area contributed by atoms with Crippen LogP contribution in [0.1, 0.15) is 18.9 Å². The number of β-amino-alcohol motifs (C(OH)–C–C–N with tert-alkyl or cyclic N) is 1. The third-order valence-electron chi connectivity index (χ3n) is 3.61. The molecule has 1 fully saturated rings. The molecule has 19 heavy (non-hydrogen) atoms. The lowest BCUT2D eigenvalue weighted by Gasteiger charge is -2.34. The Bertz CT molecular complexity index is 407. The summed E-state index contributed by atoms with van der Waals surface area (Å²) in [5.41, 5.74) is 1.06. The van der Waals surface area contributed by atoms with Gasteiger partial charge >= 0.3 is 0 Å². The van der Waals surface area contributed by atoms with E-state index < -0.39 is 6.10 Å². The van der Waals surface area contributed by atoms with Crippen molar-refractivity contribution >= 4 is 5.91 Å². The summed E-state index contributed by atoms with van der Waals surface area (Å²) in [6.45, 7) is 3.67. The molecule has 4 nitrogen and oxygen atoms in total. The van der Waals surface area contributed by atoms with Crippen molar-refractivity contribution in [1.82, 2.24) is 4.90 Å². The number of rotatable bonds is 4. The molecule has 0 saturated carbocycles. The largest absolute Gasteiger partial charge is 0.391 e. The number of carbonyl (C=O) groups is 1. The number of hydrogen-bond donors (Lipinski definition) is 1. The van der Waals surface area contributed by atoms with Crippen molar-refractivity contribution in [2.45, 2.75) is 26.1 Å². The van der Waals surface area contributed by atoms with Crippen LogP contribution in [0.2, 0.25) is 0 Å². The molecule has 0 aliphatic carbocycles. The molecule has 4 heteroatoms. The van der Waals surface area contributed by atoms with E-state index in [4.69, 9.17) is 4.74 Å². The van der Waals surface area contributed by atoms with Crippen molar-refractivity contribution in [1.29, 1.82) is 0 Å². The monoisotopic (exact) mass is 263 g/mol. The third kappa shape index (κ3) is 4.04. The fourth-order valence-corrected chi connectivity index (χ4v) is 2.20. The number of carbonyl (C=O) groups excluding carboxylic acids is 1. The van der Waals surface area contributed by atoms with Gasteiger partial charge in [0.15, 0.2) is 0 Å². The van der Waals surface area contributed by atoms with Gasteiger partial charge in [0.1, 0.15) is 6.61 Å². The van der Waals surface area contributed by atoms with Gasteiger partial charge in [0, 0.05) is 13.1 Å². The molecule has 1 N–H and O–H groups in total. The fraction of sp³-hybridized carbons (Fsp3) is 0.533. The topological polar surface area (TPSA) is 49.8 Å². The summed E-state index contributed by atoms with van der Waals surface area (Å²) in [5, 5.41) is 9.77. The summed E-state index contributed by atoms with van der Waals surface area (Å²) in [6.07, 6.45) is 0.442. The normalized spacial score (nSPS) is 23.4. The summed E-state index contributed by atoms with van der Waals surface area (Å²) in [4.78, 5) is 13.6. The molecule has 104 valence electrons. The zero-order valence-electron chi connectivity index (χ0n) is 11.3. The molecule has 1 saturated heterocycles. The Morgan fingerprint density at radius 2 is 2.16 bits per heavy atom. The molecule has 1 aromatic rings. The highest BCUT2D eigenvalue weighted by molar-refractivity contribution is 5.77. The summed E-state index contributed by atoms with van der Waals surface area (Å²) in [6, 6.07) is 9.78. The Labute approximate surface area is 114 Å². The van der Waals surface area contributed by atoms with E-state index in [0.29, 0.717) is 19.7 Å². The van der Waals surface area contributed by atoms with Crippen LogP contribution in [0.3, 0.4) is 0 Å². The summed E-state index contributed by atoms with van der Waals surface area (Å²) >= 11 is 0. The first-order chi connectivity index (χ1) is 9.16. The van der Waals surface area contributed by atoms with Gasteiger partial charge in [0.25, 0.3) is 0 Å². The molecule has 0 bridgehead atoms. The predicted octanol–water partition coefficient (Wildman–Crippen LogP) is 1.43. The number of likely N-dealkylation sites (tertiary alicyclic amines) is 1. The lowest BCUT2D eigenvalue weighted by molar-refractivity contribution is -0.140. The molecular weight excluding hydrogens is 242 g/mol.